The van der Waals surface area contributed by atoms with E-state index in [1.165, 1.54) is 0 Å². The van der Waals surface area contributed by atoms with E-state index in [0.29, 0.717) is 81.6 Å². The molecular formula is C60H58N2O10. The molecule has 2 aromatic heterocycles. The zero-order valence-electron chi connectivity index (χ0n) is 40.8. The minimum absolute atomic E-state index is 0.278. The first kappa shape index (κ1) is 48.9. The molecule has 0 amide bonds. The number of esters is 1. The lowest BCUT2D eigenvalue weighted by Crippen LogP contribution is -2.51. The highest BCUT2D eigenvalue weighted by Gasteiger charge is 2.49. The standard InChI is InChI=1S/C31H31NO5.C29H27NO5/c1-3-34-30(33)31(17-9-18-31)37-27-15-8-13-25(21-27)24-12-7-14-26(20-24)35-19-16-28-22(2)36-29(32-28)23-10-5-4-6-11-23;1-20-26(30-27(34-20)21-8-3-2-4-9-21)14-17-33-24-12-5-10-22(18-24)23-11-6-13-25(19-23)35-29(28(31)32)15-7-16-29/h4-8,10-15,20-21H,3,9,16-19H2,1-2H3;2-6,8-13,18-19H,7,14-17H2,1H3,(H,31,32). The molecule has 6 aromatic carbocycles. The predicted molar refractivity (Wildman–Crippen MR) is 274 cm³/mol. The summed E-state index contributed by atoms with van der Waals surface area (Å²) in [5, 5.41) is 9.56. The van der Waals surface area contributed by atoms with Crippen molar-refractivity contribution in [2.45, 2.75) is 83.3 Å². The van der Waals surface area contributed by atoms with Crippen LogP contribution in [0.2, 0.25) is 0 Å². The molecule has 0 radical (unpaired) electrons. The number of carboxylic acid groups (broad SMARTS) is 1. The number of carboxylic acids is 1. The highest BCUT2D eigenvalue weighted by atomic mass is 16.6. The van der Waals surface area contributed by atoms with Gasteiger partial charge in [-0.25, -0.2) is 19.6 Å². The van der Waals surface area contributed by atoms with Gasteiger partial charge in [-0.15, -0.1) is 0 Å². The average molecular weight is 967 g/mol. The lowest BCUT2D eigenvalue weighted by molar-refractivity contribution is -0.169. The first-order valence-electron chi connectivity index (χ1n) is 24.6. The lowest BCUT2D eigenvalue weighted by Gasteiger charge is -2.39. The molecule has 0 aliphatic heterocycles. The minimum Gasteiger partial charge on any atom is -0.493 e. The van der Waals surface area contributed by atoms with E-state index in [-0.39, 0.29) is 5.97 Å². The molecule has 0 atom stereocenters. The van der Waals surface area contributed by atoms with Gasteiger partial charge in [-0.2, -0.15) is 0 Å². The molecule has 2 saturated carbocycles. The first-order valence-corrected chi connectivity index (χ1v) is 24.6. The molecule has 0 unspecified atom stereocenters. The second-order valence-corrected chi connectivity index (χ2v) is 18.0. The summed E-state index contributed by atoms with van der Waals surface area (Å²) in [6.07, 6.45) is 5.53. The summed E-state index contributed by atoms with van der Waals surface area (Å²) in [5.41, 5.74) is 5.63. The predicted octanol–water partition coefficient (Wildman–Crippen LogP) is 13.1. The van der Waals surface area contributed by atoms with Crippen LogP contribution < -0.4 is 18.9 Å². The Kier molecular flexibility index (Phi) is 15.1. The van der Waals surface area contributed by atoms with Gasteiger partial charge in [0, 0.05) is 24.0 Å². The zero-order chi connectivity index (χ0) is 49.9. The van der Waals surface area contributed by atoms with E-state index in [1.807, 2.05) is 172 Å². The fourth-order valence-electron chi connectivity index (χ4n) is 8.69. The van der Waals surface area contributed by atoms with Crippen molar-refractivity contribution < 1.29 is 47.2 Å². The third-order valence-corrected chi connectivity index (χ3v) is 13.0. The number of nitrogens with zero attached hydrogens (tertiary/aromatic N) is 2. The number of carbonyl (C=O) groups excluding carboxylic acids is 1. The van der Waals surface area contributed by atoms with Gasteiger partial charge in [-0.05, 0) is 154 Å². The number of oxazole rings is 2. The summed E-state index contributed by atoms with van der Waals surface area (Å²) in [7, 11) is 0. The third-order valence-electron chi connectivity index (χ3n) is 13.0. The van der Waals surface area contributed by atoms with Crippen molar-refractivity contribution in [3.05, 3.63) is 181 Å². The Balaban J connectivity index is 0.000000178. The number of benzene rings is 6. The van der Waals surface area contributed by atoms with Crippen LogP contribution in [-0.2, 0) is 27.2 Å². The van der Waals surface area contributed by atoms with E-state index in [1.54, 1.807) is 6.07 Å². The Morgan fingerprint density at radius 2 is 0.889 bits per heavy atom. The number of aromatic nitrogens is 2. The fourth-order valence-corrected chi connectivity index (χ4v) is 8.69. The molecule has 0 saturated heterocycles. The van der Waals surface area contributed by atoms with Crippen molar-refractivity contribution in [3.63, 3.8) is 0 Å². The molecule has 0 bridgehead atoms. The van der Waals surface area contributed by atoms with E-state index in [9.17, 15) is 14.7 Å². The molecule has 8 aromatic rings. The van der Waals surface area contributed by atoms with Crippen molar-refractivity contribution >= 4 is 11.9 Å². The summed E-state index contributed by atoms with van der Waals surface area (Å²) < 4.78 is 41.1. The normalized spacial score (nSPS) is 14.1. The van der Waals surface area contributed by atoms with E-state index < -0.39 is 17.2 Å². The van der Waals surface area contributed by atoms with Crippen LogP contribution in [0, 0.1) is 13.8 Å². The molecule has 12 heteroatoms. The molecule has 2 aliphatic rings. The minimum atomic E-state index is -1.09. The van der Waals surface area contributed by atoms with Crippen LogP contribution >= 0.6 is 0 Å². The van der Waals surface area contributed by atoms with Crippen molar-refractivity contribution in [3.8, 4) is 68.2 Å². The topological polar surface area (TPSA) is 153 Å². The van der Waals surface area contributed by atoms with Crippen LogP contribution in [0.1, 0.15) is 68.4 Å². The molecule has 0 spiro atoms. The van der Waals surface area contributed by atoms with Crippen LogP contribution in [-0.4, -0.2) is 58.0 Å². The van der Waals surface area contributed by atoms with Gasteiger partial charge >= 0.3 is 11.9 Å². The van der Waals surface area contributed by atoms with E-state index in [4.69, 9.17) is 32.5 Å². The van der Waals surface area contributed by atoms with Crippen LogP contribution in [0.5, 0.6) is 23.0 Å². The van der Waals surface area contributed by atoms with E-state index in [0.717, 1.165) is 80.6 Å². The molecule has 12 nitrogen and oxygen atoms in total. The molecular weight excluding hydrogens is 909 g/mol. The Morgan fingerprint density at radius 1 is 0.514 bits per heavy atom. The summed E-state index contributed by atoms with van der Waals surface area (Å²) in [6, 6.07) is 50.9. The molecule has 72 heavy (non-hydrogen) atoms. The first-order chi connectivity index (χ1) is 35.1. The molecule has 1 N–H and O–H groups in total. The average Bonchev–Trinajstić information content (AvgIpc) is 3.95. The Morgan fingerprint density at radius 3 is 1.26 bits per heavy atom. The van der Waals surface area contributed by atoms with E-state index >= 15 is 0 Å². The van der Waals surface area contributed by atoms with Crippen molar-refractivity contribution in [2.24, 2.45) is 0 Å². The zero-order valence-corrected chi connectivity index (χ0v) is 40.8. The second kappa shape index (κ2) is 22.3. The smallest absolute Gasteiger partial charge is 0.350 e. The monoisotopic (exact) mass is 966 g/mol. The maximum atomic E-state index is 12.5. The van der Waals surface area contributed by atoms with Gasteiger partial charge in [0.2, 0.25) is 23.0 Å². The Hall–Kier alpha value is -8.12. The van der Waals surface area contributed by atoms with Gasteiger partial charge in [-0.1, -0.05) is 84.9 Å². The van der Waals surface area contributed by atoms with Gasteiger partial charge in [0.15, 0.2) is 0 Å². The molecule has 2 fully saturated rings. The Bertz CT molecular complexity index is 3100. The molecule has 2 aliphatic carbocycles. The molecule has 368 valence electrons. The van der Waals surface area contributed by atoms with Gasteiger partial charge in [0.05, 0.1) is 31.2 Å². The maximum absolute atomic E-state index is 12.5. The number of rotatable bonds is 19. The lowest BCUT2D eigenvalue weighted by atomic mass is 9.80. The summed E-state index contributed by atoms with van der Waals surface area (Å²) in [5.74, 6) is 4.41. The van der Waals surface area contributed by atoms with Crippen LogP contribution in [0.4, 0.5) is 0 Å². The van der Waals surface area contributed by atoms with Gasteiger partial charge in [-0.3, -0.25) is 0 Å². The maximum Gasteiger partial charge on any atom is 0.350 e. The number of aliphatic carboxylic acids is 1. The SMILES string of the molecule is CCOC(=O)C1(Oc2cccc(-c3cccc(OCCc4nc(-c5ccccc5)oc4C)c3)c2)CCC1.Cc1oc(-c2ccccc2)nc1CCOc1cccc(-c2cccc(OC3(C(=O)O)CCC3)c2)c1. The number of hydrogen-bond donors (Lipinski definition) is 1. The number of carbonyl (C=O) groups is 2. The van der Waals surface area contributed by atoms with Crippen LogP contribution in [0.25, 0.3) is 45.2 Å². The Labute approximate surface area is 419 Å². The summed E-state index contributed by atoms with van der Waals surface area (Å²) >= 11 is 0. The molecule has 2 heterocycles. The number of hydrogen-bond acceptors (Lipinski definition) is 11. The number of aryl methyl sites for hydroxylation is 2. The fraction of sp³-hybridized carbons (Fsp3) is 0.267. The highest BCUT2D eigenvalue weighted by Crippen LogP contribution is 2.40. The van der Waals surface area contributed by atoms with E-state index in [2.05, 4.69) is 9.97 Å². The van der Waals surface area contributed by atoms with Crippen molar-refractivity contribution in [1.82, 2.24) is 9.97 Å². The van der Waals surface area contributed by atoms with Crippen LogP contribution in [0.3, 0.4) is 0 Å². The van der Waals surface area contributed by atoms with Crippen LogP contribution in [0.15, 0.2) is 167 Å². The summed E-state index contributed by atoms with van der Waals surface area (Å²) in [6.45, 7) is 6.96. The van der Waals surface area contributed by atoms with Gasteiger partial charge in [0.25, 0.3) is 0 Å². The quantitative estimate of drug-likeness (QED) is 0.0768. The largest absolute Gasteiger partial charge is 0.493 e. The van der Waals surface area contributed by atoms with Gasteiger partial charge < -0.3 is 37.6 Å². The van der Waals surface area contributed by atoms with Gasteiger partial charge in [0.1, 0.15) is 34.5 Å². The van der Waals surface area contributed by atoms with Crippen molar-refractivity contribution in [2.75, 3.05) is 19.8 Å². The highest BCUT2D eigenvalue weighted by molar-refractivity contribution is 5.81. The summed E-state index contributed by atoms with van der Waals surface area (Å²) in [4.78, 5) is 33.4. The molecule has 10 rings (SSSR count). The van der Waals surface area contributed by atoms with Crippen molar-refractivity contribution in [1.29, 1.82) is 0 Å². The number of ether oxygens (including phenoxy) is 5. The second-order valence-electron chi connectivity index (χ2n) is 18.0. The third kappa shape index (κ3) is 11.6.